The summed E-state index contributed by atoms with van der Waals surface area (Å²) in [6.07, 6.45) is 3.53. The number of nitrogens with two attached hydrogens (primary N) is 1. The molecule has 0 aromatic carbocycles. The van der Waals surface area contributed by atoms with Crippen LogP contribution in [0.3, 0.4) is 0 Å². The van der Waals surface area contributed by atoms with Crippen LogP contribution in [0.4, 0.5) is 0 Å². The SMILES string of the molecule is COC1CN(CCc2ccc(=O)n(C(CC(C)C)C(N)=O)c2)C1. The van der Waals surface area contributed by atoms with Crippen molar-refractivity contribution in [2.45, 2.75) is 38.8 Å². The van der Waals surface area contributed by atoms with Crippen molar-refractivity contribution < 1.29 is 9.53 Å². The molecule has 1 amide bonds. The number of aromatic nitrogens is 1. The minimum Gasteiger partial charge on any atom is -0.379 e. The summed E-state index contributed by atoms with van der Waals surface area (Å²) in [4.78, 5) is 26.2. The molecule has 23 heavy (non-hydrogen) atoms. The molecule has 1 unspecified atom stereocenters. The van der Waals surface area contributed by atoms with Gasteiger partial charge in [-0.05, 0) is 24.3 Å². The van der Waals surface area contributed by atoms with Gasteiger partial charge in [0.25, 0.3) is 5.56 Å². The fourth-order valence-corrected chi connectivity index (χ4v) is 2.90. The van der Waals surface area contributed by atoms with Gasteiger partial charge in [0, 0.05) is 39.0 Å². The highest BCUT2D eigenvalue weighted by molar-refractivity contribution is 5.78. The van der Waals surface area contributed by atoms with Crippen LogP contribution in [0.15, 0.2) is 23.1 Å². The second-order valence-corrected chi connectivity index (χ2v) is 6.70. The number of amides is 1. The Labute approximate surface area is 137 Å². The second kappa shape index (κ2) is 7.75. The molecule has 6 nitrogen and oxygen atoms in total. The van der Waals surface area contributed by atoms with E-state index in [2.05, 4.69) is 4.90 Å². The topological polar surface area (TPSA) is 77.6 Å². The Morgan fingerprint density at radius 2 is 2.09 bits per heavy atom. The molecule has 2 N–H and O–H groups in total. The Balaban J connectivity index is 2.05. The highest BCUT2D eigenvalue weighted by Gasteiger charge is 2.25. The zero-order chi connectivity index (χ0) is 17.0. The van der Waals surface area contributed by atoms with Crippen LogP contribution >= 0.6 is 0 Å². The number of carbonyl (C=O) groups is 1. The molecule has 2 heterocycles. The minimum absolute atomic E-state index is 0.179. The van der Waals surface area contributed by atoms with Crippen molar-refractivity contribution in [1.29, 1.82) is 0 Å². The molecule has 0 saturated carbocycles. The van der Waals surface area contributed by atoms with Crippen LogP contribution < -0.4 is 11.3 Å². The van der Waals surface area contributed by atoms with Gasteiger partial charge in [-0.2, -0.15) is 0 Å². The summed E-state index contributed by atoms with van der Waals surface area (Å²) in [5.74, 6) is -0.168. The number of hydrogen-bond donors (Lipinski definition) is 1. The van der Waals surface area contributed by atoms with Gasteiger partial charge in [-0.25, -0.2) is 0 Å². The molecule has 128 valence electrons. The largest absolute Gasteiger partial charge is 0.379 e. The van der Waals surface area contributed by atoms with Crippen molar-refractivity contribution in [2.24, 2.45) is 11.7 Å². The molecule has 1 aromatic rings. The lowest BCUT2D eigenvalue weighted by Crippen LogP contribution is -2.52. The molecule has 1 atom stereocenters. The van der Waals surface area contributed by atoms with Crippen molar-refractivity contribution in [3.63, 3.8) is 0 Å². The summed E-state index contributed by atoms with van der Waals surface area (Å²) in [5.41, 5.74) is 6.36. The van der Waals surface area contributed by atoms with Crippen molar-refractivity contribution in [3.05, 3.63) is 34.2 Å². The van der Waals surface area contributed by atoms with Crippen LogP contribution in [0.25, 0.3) is 0 Å². The number of ether oxygens (including phenoxy) is 1. The van der Waals surface area contributed by atoms with Gasteiger partial charge in [-0.1, -0.05) is 19.9 Å². The lowest BCUT2D eigenvalue weighted by atomic mass is 10.0. The molecular formula is C17H27N3O3. The van der Waals surface area contributed by atoms with E-state index in [-0.39, 0.29) is 11.5 Å². The first kappa shape index (κ1) is 17.7. The summed E-state index contributed by atoms with van der Waals surface area (Å²) < 4.78 is 6.75. The third-order valence-electron chi connectivity index (χ3n) is 4.33. The van der Waals surface area contributed by atoms with E-state index in [1.54, 1.807) is 13.3 Å². The highest BCUT2D eigenvalue weighted by Crippen LogP contribution is 2.17. The Kier molecular flexibility index (Phi) is 5.96. The maximum absolute atomic E-state index is 12.1. The van der Waals surface area contributed by atoms with E-state index in [0.29, 0.717) is 12.5 Å². The van der Waals surface area contributed by atoms with Crippen LogP contribution in [-0.2, 0) is 16.0 Å². The lowest BCUT2D eigenvalue weighted by Gasteiger charge is -2.38. The summed E-state index contributed by atoms with van der Waals surface area (Å²) in [6.45, 7) is 6.85. The van der Waals surface area contributed by atoms with E-state index in [1.807, 2.05) is 19.9 Å². The molecule has 0 spiro atoms. The van der Waals surface area contributed by atoms with Crippen molar-refractivity contribution >= 4 is 5.91 Å². The normalized spacial score (nSPS) is 17.2. The molecule has 0 bridgehead atoms. The van der Waals surface area contributed by atoms with E-state index < -0.39 is 11.9 Å². The van der Waals surface area contributed by atoms with E-state index >= 15 is 0 Å². The first-order valence-electron chi connectivity index (χ1n) is 8.16. The van der Waals surface area contributed by atoms with Crippen LogP contribution in [0.5, 0.6) is 0 Å². The van der Waals surface area contributed by atoms with Crippen LogP contribution in [-0.4, -0.2) is 48.2 Å². The van der Waals surface area contributed by atoms with E-state index in [9.17, 15) is 9.59 Å². The number of pyridine rings is 1. The molecule has 0 radical (unpaired) electrons. The number of hydrogen-bond acceptors (Lipinski definition) is 4. The number of nitrogens with zero attached hydrogens (tertiary/aromatic N) is 2. The van der Waals surface area contributed by atoms with E-state index in [0.717, 1.165) is 31.6 Å². The van der Waals surface area contributed by atoms with Gasteiger partial charge in [-0.3, -0.25) is 14.5 Å². The summed E-state index contributed by atoms with van der Waals surface area (Å²) in [7, 11) is 1.73. The maximum Gasteiger partial charge on any atom is 0.251 e. The molecule has 2 rings (SSSR count). The smallest absolute Gasteiger partial charge is 0.251 e. The highest BCUT2D eigenvalue weighted by atomic mass is 16.5. The minimum atomic E-state index is -0.579. The summed E-state index contributed by atoms with van der Waals surface area (Å²) in [5, 5.41) is 0. The van der Waals surface area contributed by atoms with Gasteiger partial charge in [-0.15, -0.1) is 0 Å². The van der Waals surface area contributed by atoms with Gasteiger partial charge in [0.2, 0.25) is 5.91 Å². The predicted molar refractivity (Wildman–Crippen MR) is 89.3 cm³/mol. The second-order valence-electron chi connectivity index (χ2n) is 6.70. The molecule has 6 heteroatoms. The predicted octanol–water partition coefficient (Wildman–Crippen LogP) is 0.794. The van der Waals surface area contributed by atoms with Crippen molar-refractivity contribution in [2.75, 3.05) is 26.7 Å². The quantitative estimate of drug-likeness (QED) is 0.768. The lowest BCUT2D eigenvalue weighted by molar-refractivity contribution is -0.121. The third kappa shape index (κ3) is 4.65. The molecular weight excluding hydrogens is 294 g/mol. The first-order valence-corrected chi connectivity index (χ1v) is 8.16. The van der Waals surface area contributed by atoms with E-state index in [4.69, 9.17) is 10.5 Å². The molecule has 1 saturated heterocycles. The monoisotopic (exact) mass is 321 g/mol. The number of carbonyl (C=O) groups excluding carboxylic acids is 1. The molecule has 1 aliphatic rings. The fourth-order valence-electron chi connectivity index (χ4n) is 2.90. The van der Waals surface area contributed by atoms with Crippen LogP contribution in [0, 0.1) is 5.92 Å². The average molecular weight is 321 g/mol. The van der Waals surface area contributed by atoms with Crippen LogP contribution in [0.1, 0.15) is 31.9 Å². The number of primary amides is 1. The molecule has 0 aliphatic carbocycles. The number of rotatable bonds is 8. The zero-order valence-corrected chi connectivity index (χ0v) is 14.2. The number of likely N-dealkylation sites (tertiary alicyclic amines) is 1. The standard InChI is InChI=1S/C17H27N3O3/c1-12(2)8-15(17(18)22)20-9-13(4-5-16(20)21)6-7-19-10-14(11-19)23-3/h4-5,9,12,14-15H,6-8,10-11H2,1-3H3,(H2,18,22). The number of methoxy groups -OCH3 is 1. The Morgan fingerprint density at radius 3 is 2.65 bits per heavy atom. The Morgan fingerprint density at radius 1 is 1.39 bits per heavy atom. The molecule has 1 aliphatic heterocycles. The third-order valence-corrected chi connectivity index (χ3v) is 4.33. The zero-order valence-electron chi connectivity index (χ0n) is 14.2. The summed E-state index contributed by atoms with van der Waals surface area (Å²) in [6, 6.07) is 2.78. The van der Waals surface area contributed by atoms with E-state index in [1.165, 1.54) is 10.6 Å². The maximum atomic E-state index is 12.1. The van der Waals surface area contributed by atoms with Gasteiger partial charge in [0.05, 0.1) is 6.10 Å². The van der Waals surface area contributed by atoms with Gasteiger partial charge in [0.15, 0.2) is 0 Å². The Hall–Kier alpha value is -1.66. The summed E-state index contributed by atoms with van der Waals surface area (Å²) >= 11 is 0. The molecule has 1 aromatic heterocycles. The Bertz CT molecular complexity index is 591. The first-order chi connectivity index (χ1) is 10.9. The van der Waals surface area contributed by atoms with Gasteiger partial charge in [0.1, 0.15) is 6.04 Å². The molecule has 1 fully saturated rings. The van der Waals surface area contributed by atoms with Crippen molar-refractivity contribution in [1.82, 2.24) is 9.47 Å². The fraction of sp³-hybridized carbons (Fsp3) is 0.647. The van der Waals surface area contributed by atoms with Crippen LogP contribution in [0.2, 0.25) is 0 Å². The average Bonchev–Trinajstić information content (AvgIpc) is 2.44. The van der Waals surface area contributed by atoms with Gasteiger partial charge < -0.3 is 15.0 Å². The van der Waals surface area contributed by atoms with Crippen molar-refractivity contribution in [3.8, 4) is 0 Å². The van der Waals surface area contributed by atoms with Gasteiger partial charge >= 0.3 is 0 Å².